The zero-order chi connectivity index (χ0) is 17.5. The van der Waals surface area contributed by atoms with Gasteiger partial charge < -0.3 is 9.64 Å². The second-order valence-corrected chi connectivity index (χ2v) is 6.85. The molecule has 130 valence electrons. The summed E-state index contributed by atoms with van der Waals surface area (Å²) in [6.07, 6.45) is 4.83. The quantitative estimate of drug-likeness (QED) is 0.823. The molecule has 0 aliphatic carbocycles. The molecule has 1 heterocycles. The highest BCUT2D eigenvalue weighted by Crippen LogP contribution is 2.27. The van der Waals surface area contributed by atoms with Crippen molar-refractivity contribution < 1.29 is 9.53 Å². The first kappa shape index (κ1) is 18.3. The van der Waals surface area contributed by atoms with Gasteiger partial charge in [0.1, 0.15) is 11.7 Å². The molecule has 0 spiro atoms. The standard InChI is InChI=1S/C20H28N2O2/c1-15(2)16-8-9-19(24-3)17(12-16)13-18(14-21)20(23)22-10-6-4-5-7-11-22/h8-9,12,15,18H,4-7,10-11,13H2,1-3H3. The molecule has 0 aromatic heterocycles. The number of hydrogen-bond acceptors (Lipinski definition) is 3. The third-order valence-corrected chi connectivity index (χ3v) is 4.77. The minimum absolute atomic E-state index is 0.0311. The number of hydrogen-bond donors (Lipinski definition) is 0. The van der Waals surface area contributed by atoms with Crippen molar-refractivity contribution in [2.75, 3.05) is 20.2 Å². The van der Waals surface area contributed by atoms with Crippen LogP contribution in [0.2, 0.25) is 0 Å². The highest BCUT2D eigenvalue weighted by Gasteiger charge is 2.26. The number of amides is 1. The van der Waals surface area contributed by atoms with Crippen LogP contribution in [-0.4, -0.2) is 31.0 Å². The number of nitrogens with zero attached hydrogens (tertiary/aromatic N) is 2. The fourth-order valence-electron chi connectivity index (χ4n) is 3.24. The summed E-state index contributed by atoms with van der Waals surface area (Å²) >= 11 is 0. The van der Waals surface area contributed by atoms with Gasteiger partial charge in [-0.15, -0.1) is 0 Å². The number of carbonyl (C=O) groups excluding carboxylic acids is 1. The largest absolute Gasteiger partial charge is 0.496 e. The Hall–Kier alpha value is -2.02. The van der Waals surface area contributed by atoms with E-state index in [0.29, 0.717) is 12.3 Å². The topological polar surface area (TPSA) is 53.3 Å². The number of benzene rings is 1. The molecule has 0 radical (unpaired) electrons. The van der Waals surface area contributed by atoms with Crippen molar-refractivity contribution in [2.24, 2.45) is 5.92 Å². The third-order valence-electron chi connectivity index (χ3n) is 4.77. The smallest absolute Gasteiger partial charge is 0.240 e. The van der Waals surface area contributed by atoms with Gasteiger partial charge in [0.25, 0.3) is 0 Å². The zero-order valence-electron chi connectivity index (χ0n) is 15.0. The molecule has 1 aliphatic rings. The molecular formula is C20H28N2O2. The Morgan fingerprint density at radius 3 is 2.46 bits per heavy atom. The molecular weight excluding hydrogens is 300 g/mol. The summed E-state index contributed by atoms with van der Waals surface area (Å²) in [6, 6.07) is 8.28. The molecule has 24 heavy (non-hydrogen) atoms. The molecule has 1 aromatic carbocycles. The van der Waals surface area contributed by atoms with Crippen LogP contribution in [0.5, 0.6) is 5.75 Å². The fraction of sp³-hybridized carbons (Fsp3) is 0.600. The minimum atomic E-state index is -0.639. The van der Waals surface area contributed by atoms with E-state index in [1.165, 1.54) is 18.4 Å². The van der Waals surface area contributed by atoms with Gasteiger partial charge in [-0.05, 0) is 36.0 Å². The molecule has 1 fully saturated rings. The molecule has 1 atom stereocenters. The van der Waals surface area contributed by atoms with E-state index >= 15 is 0 Å². The fourth-order valence-corrected chi connectivity index (χ4v) is 3.24. The maximum atomic E-state index is 12.8. The summed E-state index contributed by atoms with van der Waals surface area (Å²) in [5, 5.41) is 9.56. The Morgan fingerprint density at radius 1 is 1.25 bits per heavy atom. The minimum Gasteiger partial charge on any atom is -0.496 e. The van der Waals surface area contributed by atoms with Gasteiger partial charge in [-0.2, -0.15) is 5.26 Å². The van der Waals surface area contributed by atoms with E-state index in [0.717, 1.165) is 37.2 Å². The van der Waals surface area contributed by atoms with E-state index in [4.69, 9.17) is 4.74 Å². The molecule has 1 aliphatic heterocycles. The monoisotopic (exact) mass is 328 g/mol. The predicted molar refractivity (Wildman–Crippen MR) is 94.9 cm³/mol. The second-order valence-electron chi connectivity index (χ2n) is 6.85. The van der Waals surface area contributed by atoms with Crippen LogP contribution in [0.3, 0.4) is 0 Å². The van der Waals surface area contributed by atoms with Crippen LogP contribution in [0.25, 0.3) is 0 Å². The predicted octanol–water partition coefficient (Wildman–Crippen LogP) is 3.90. The van der Waals surface area contributed by atoms with Crippen molar-refractivity contribution in [1.82, 2.24) is 4.90 Å². The van der Waals surface area contributed by atoms with Crippen LogP contribution < -0.4 is 4.74 Å². The lowest BCUT2D eigenvalue weighted by atomic mass is 9.94. The summed E-state index contributed by atoms with van der Waals surface area (Å²) in [4.78, 5) is 14.6. The van der Waals surface area contributed by atoms with Crippen LogP contribution in [-0.2, 0) is 11.2 Å². The first-order valence-electron chi connectivity index (χ1n) is 8.92. The molecule has 1 aromatic rings. The average molecular weight is 328 g/mol. The van der Waals surface area contributed by atoms with E-state index < -0.39 is 5.92 Å². The Kier molecular flexibility index (Phi) is 6.66. The van der Waals surface area contributed by atoms with Gasteiger partial charge >= 0.3 is 0 Å². The van der Waals surface area contributed by atoms with Gasteiger partial charge in [-0.1, -0.05) is 38.8 Å². The van der Waals surface area contributed by atoms with Gasteiger partial charge in [0, 0.05) is 19.5 Å². The summed E-state index contributed by atoms with van der Waals surface area (Å²) in [6.45, 7) is 5.83. The van der Waals surface area contributed by atoms with Crippen molar-refractivity contribution >= 4 is 5.91 Å². The zero-order valence-corrected chi connectivity index (χ0v) is 15.0. The third kappa shape index (κ3) is 4.50. The van der Waals surface area contributed by atoms with Gasteiger partial charge in [-0.25, -0.2) is 0 Å². The second kappa shape index (κ2) is 8.73. The molecule has 0 saturated carbocycles. The van der Waals surface area contributed by atoms with Crippen molar-refractivity contribution in [1.29, 1.82) is 5.26 Å². The van der Waals surface area contributed by atoms with E-state index in [1.54, 1.807) is 7.11 Å². The Morgan fingerprint density at radius 2 is 1.92 bits per heavy atom. The number of ether oxygens (including phenoxy) is 1. The number of rotatable bonds is 5. The number of nitriles is 1. The Labute approximate surface area is 145 Å². The first-order valence-corrected chi connectivity index (χ1v) is 8.92. The van der Waals surface area contributed by atoms with Gasteiger partial charge in [0.2, 0.25) is 5.91 Å². The Balaban J connectivity index is 2.18. The molecule has 1 unspecified atom stereocenters. The highest BCUT2D eigenvalue weighted by molar-refractivity contribution is 5.81. The number of methoxy groups -OCH3 is 1. The van der Waals surface area contributed by atoms with Crippen molar-refractivity contribution in [3.63, 3.8) is 0 Å². The maximum Gasteiger partial charge on any atom is 0.240 e. The molecule has 0 N–H and O–H groups in total. The first-order chi connectivity index (χ1) is 11.6. The van der Waals surface area contributed by atoms with Crippen molar-refractivity contribution in [3.05, 3.63) is 29.3 Å². The number of likely N-dealkylation sites (tertiary alicyclic amines) is 1. The summed E-state index contributed by atoms with van der Waals surface area (Å²) in [5.41, 5.74) is 2.14. The van der Waals surface area contributed by atoms with E-state index in [1.807, 2.05) is 17.0 Å². The number of carbonyl (C=O) groups is 1. The summed E-state index contributed by atoms with van der Waals surface area (Å²) < 4.78 is 5.44. The van der Waals surface area contributed by atoms with Gasteiger partial charge in [-0.3, -0.25) is 4.79 Å². The van der Waals surface area contributed by atoms with Gasteiger partial charge in [0.15, 0.2) is 0 Å². The SMILES string of the molecule is COc1ccc(C(C)C)cc1CC(C#N)C(=O)N1CCCCCC1. The summed E-state index contributed by atoms with van der Waals surface area (Å²) in [7, 11) is 1.63. The maximum absolute atomic E-state index is 12.8. The molecule has 1 saturated heterocycles. The normalized spacial score (nSPS) is 16.4. The van der Waals surface area contributed by atoms with Crippen LogP contribution >= 0.6 is 0 Å². The van der Waals surface area contributed by atoms with Crippen molar-refractivity contribution in [3.8, 4) is 11.8 Å². The summed E-state index contributed by atoms with van der Waals surface area (Å²) in [5.74, 6) is 0.482. The molecule has 4 heteroatoms. The average Bonchev–Trinajstić information content (AvgIpc) is 2.88. The molecule has 1 amide bonds. The van der Waals surface area contributed by atoms with E-state index in [9.17, 15) is 10.1 Å². The lowest BCUT2D eigenvalue weighted by Gasteiger charge is -2.23. The highest BCUT2D eigenvalue weighted by atomic mass is 16.5. The molecule has 2 rings (SSSR count). The lowest BCUT2D eigenvalue weighted by Crippen LogP contribution is -2.37. The van der Waals surface area contributed by atoms with Crippen molar-refractivity contribution in [2.45, 2.75) is 51.9 Å². The van der Waals surface area contributed by atoms with E-state index in [2.05, 4.69) is 26.0 Å². The molecule has 0 bridgehead atoms. The van der Waals surface area contributed by atoms with Crippen LogP contribution in [0.4, 0.5) is 0 Å². The van der Waals surface area contributed by atoms with Crippen LogP contribution in [0.15, 0.2) is 18.2 Å². The molecule has 4 nitrogen and oxygen atoms in total. The van der Waals surface area contributed by atoms with Crippen LogP contribution in [0.1, 0.15) is 56.6 Å². The van der Waals surface area contributed by atoms with Gasteiger partial charge in [0.05, 0.1) is 13.2 Å². The lowest BCUT2D eigenvalue weighted by molar-refractivity contribution is -0.133. The Bertz CT molecular complexity index is 596. The van der Waals surface area contributed by atoms with Crippen LogP contribution in [0, 0.1) is 17.2 Å². The van der Waals surface area contributed by atoms with E-state index in [-0.39, 0.29) is 5.91 Å².